The fourth-order valence-electron chi connectivity index (χ4n) is 0.824. The number of halogens is 1. The maximum absolute atomic E-state index is 12.8. The minimum absolute atomic E-state index is 0.0615. The molecule has 1 rings (SSSR count). The first-order valence-electron chi connectivity index (χ1n) is 3.44. The molecule has 0 aliphatic heterocycles. The van der Waals surface area contributed by atoms with Gasteiger partial charge < -0.3 is 5.11 Å². The highest BCUT2D eigenvalue weighted by atomic mass is 19.1. The Morgan fingerprint density at radius 1 is 1.77 bits per heavy atom. The van der Waals surface area contributed by atoms with E-state index in [1.54, 1.807) is 0 Å². The summed E-state index contributed by atoms with van der Waals surface area (Å²) in [5, 5.41) is 8.30. The molecule has 13 heavy (non-hydrogen) atoms. The Morgan fingerprint density at radius 2 is 2.38 bits per heavy atom. The number of carboxylic acids is 1. The number of alkyl halides is 1. The molecule has 6 heteroatoms. The first kappa shape index (κ1) is 9.37. The van der Waals surface area contributed by atoms with Crippen molar-refractivity contribution >= 4 is 5.97 Å². The van der Waals surface area contributed by atoms with Gasteiger partial charge in [0.15, 0.2) is 0 Å². The third kappa shape index (κ3) is 1.71. The quantitative estimate of drug-likeness (QED) is 0.711. The van der Waals surface area contributed by atoms with Gasteiger partial charge in [-0.25, -0.2) is 9.18 Å². The standard InChI is InChI=1S/C7H7FN2O3/c1-4-6(11)10(3-2-9-4)5(8)7(12)13/h2-3,5H,1H3,(H,12,13). The van der Waals surface area contributed by atoms with Gasteiger partial charge in [0, 0.05) is 12.4 Å². The van der Waals surface area contributed by atoms with Crippen LogP contribution in [-0.4, -0.2) is 20.6 Å². The molecule has 1 heterocycles. The van der Waals surface area contributed by atoms with Crippen molar-refractivity contribution in [3.8, 4) is 0 Å². The van der Waals surface area contributed by atoms with Crippen molar-refractivity contribution in [1.82, 2.24) is 9.55 Å². The second kappa shape index (κ2) is 3.34. The fourth-order valence-corrected chi connectivity index (χ4v) is 0.824. The number of nitrogens with zero attached hydrogens (tertiary/aromatic N) is 2. The first-order chi connectivity index (χ1) is 6.04. The van der Waals surface area contributed by atoms with E-state index in [2.05, 4.69) is 4.98 Å². The number of hydrogen-bond acceptors (Lipinski definition) is 3. The van der Waals surface area contributed by atoms with Crippen LogP contribution in [0.15, 0.2) is 17.2 Å². The van der Waals surface area contributed by atoms with Crippen LogP contribution in [0.4, 0.5) is 4.39 Å². The van der Waals surface area contributed by atoms with E-state index in [0.29, 0.717) is 4.57 Å². The Labute approximate surface area is 72.5 Å². The average Bonchev–Trinajstić information content (AvgIpc) is 2.08. The lowest BCUT2D eigenvalue weighted by Gasteiger charge is -2.06. The fraction of sp³-hybridized carbons (Fsp3) is 0.286. The summed E-state index contributed by atoms with van der Waals surface area (Å²) in [6.45, 7) is 1.38. The molecule has 0 saturated carbocycles. The lowest BCUT2D eigenvalue weighted by Crippen LogP contribution is -2.28. The highest BCUT2D eigenvalue weighted by Gasteiger charge is 2.19. The van der Waals surface area contributed by atoms with Crippen LogP contribution in [0.5, 0.6) is 0 Å². The van der Waals surface area contributed by atoms with E-state index >= 15 is 0 Å². The second-order valence-electron chi connectivity index (χ2n) is 2.40. The predicted molar refractivity (Wildman–Crippen MR) is 41.0 cm³/mol. The molecule has 1 unspecified atom stereocenters. The molecule has 0 aliphatic rings. The van der Waals surface area contributed by atoms with Crippen LogP contribution < -0.4 is 5.56 Å². The Kier molecular flexibility index (Phi) is 2.41. The van der Waals surface area contributed by atoms with E-state index in [9.17, 15) is 14.0 Å². The summed E-state index contributed by atoms with van der Waals surface area (Å²) >= 11 is 0. The lowest BCUT2D eigenvalue weighted by atomic mass is 10.4. The minimum Gasteiger partial charge on any atom is -0.478 e. The van der Waals surface area contributed by atoms with Gasteiger partial charge in [0.25, 0.3) is 11.9 Å². The second-order valence-corrected chi connectivity index (χ2v) is 2.40. The van der Waals surface area contributed by atoms with Crippen LogP contribution in [0.2, 0.25) is 0 Å². The van der Waals surface area contributed by atoms with Crippen molar-refractivity contribution in [3.63, 3.8) is 0 Å². The number of carbonyl (C=O) groups is 1. The van der Waals surface area contributed by atoms with Gasteiger partial charge >= 0.3 is 5.97 Å². The highest BCUT2D eigenvalue weighted by molar-refractivity contribution is 5.70. The minimum atomic E-state index is -2.35. The summed E-state index contributed by atoms with van der Waals surface area (Å²) in [5.74, 6) is -1.70. The summed E-state index contributed by atoms with van der Waals surface area (Å²) in [6.07, 6.45) is -0.186. The number of carboxylic acid groups (broad SMARTS) is 1. The molecule has 1 N–H and O–H groups in total. The molecule has 70 valence electrons. The van der Waals surface area contributed by atoms with E-state index in [1.807, 2.05) is 0 Å². The third-order valence-electron chi connectivity index (χ3n) is 1.49. The van der Waals surface area contributed by atoms with Crippen LogP contribution in [0.3, 0.4) is 0 Å². The molecule has 0 aromatic carbocycles. The zero-order valence-corrected chi connectivity index (χ0v) is 6.77. The molecule has 1 aromatic rings. The summed E-state index contributed by atoms with van der Waals surface area (Å²) in [5.41, 5.74) is -0.677. The van der Waals surface area contributed by atoms with Gasteiger partial charge in [-0.05, 0) is 6.92 Å². The monoisotopic (exact) mass is 186 g/mol. The topological polar surface area (TPSA) is 72.2 Å². The maximum atomic E-state index is 12.8. The Balaban J connectivity index is 3.23. The SMILES string of the molecule is Cc1nccn(C(F)C(=O)O)c1=O. The normalized spacial score (nSPS) is 12.5. The number of hydrogen-bond donors (Lipinski definition) is 1. The van der Waals surface area contributed by atoms with E-state index in [1.165, 1.54) is 13.1 Å². The van der Waals surface area contributed by atoms with E-state index in [-0.39, 0.29) is 5.69 Å². The van der Waals surface area contributed by atoms with Crippen LogP contribution >= 0.6 is 0 Å². The van der Waals surface area contributed by atoms with Crippen LogP contribution in [0.1, 0.15) is 12.0 Å². The summed E-state index contributed by atoms with van der Waals surface area (Å²) < 4.78 is 13.3. The van der Waals surface area contributed by atoms with E-state index in [4.69, 9.17) is 5.11 Å². The van der Waals surface area contributed by atoms with Gasteiger partial charge in [0.1, 0.15) is 5.69 Å². The first-order valence-corrected chi connectivity index (χ1v) is 3.44. The summed E-state index contributed by atoms with van der Waals surface area (Å²) in [4.78, 5) is 24.9. The maximum Gasteiger partial charge on any atom is 0.360 e. The third-order valence-corrected chi connectivity index (χ3v) is 1.49. The molecule has 1 atom stereocenters. The van der Waals surface area contributed by atoms with Gasteiger partial charge in [-0.1, -0.05) is 0 Å². The molecule has 0 aliphatic carbocycles. The van der Waals surface area contributed by atoms with Gasteiger partial charge in [-0.2, -0.15) is 0 Å². The molecule has 0 bridgehead atoms. The van der Waals surface area contributed by atoms with Crippen LogP contribution in [-0.2, 0) is 4.79 Å². The summed E-state index contributed by atoms with van der Waals surface area (Å²) in [7, 11) is 0. The molecule has 0 spiro atoms. The molecular formula is C7H7FN2O3. The Bertz CT molecular complexity index is 388. The van der Waals surface area contributed by atoms with Gasteiger partial charge in [-0.15, -0.1) is 0 Å². The summed E-state index contributed by atoms with van der Waals surface area (Å²) in [6, 6.07) is 0. The van der Waals surface area contributed by atoms with Crippen molar-refractivity contribution in [2.45, 2.75) is 13.2 Å². The number of aliphatic carboxylic acids is 1. The predicted octanol–water partition coefficient (Wildman–Crippen LogP) is 0.104. The van der Waals surface area contributed by atoms with Crippen LogP contribution in [0, 0.1) is 6.92 Å². The van der Waals surface area contributed by atoms with E-state index in [0.717, 1.165) is 6.20 Å². The average molecular weight is 186 g/mol. The Morgan fingerprint density at radius 3 is 2.92 bits per heavy atom. The van der Waals surface area contributed by atoms with Gasteiger partial charge in [0.2, 0.25) is 0 Å². The van der Waals surface area contributed by atoms with Crippen LogP contribution in [0.25, 0.3) is 0 Å². The Hall–Kier alpha value is -1.72. The van der Waals surface area contributed by atoms with Gasteiger partial charge in [0.05, 0.1) is 0 Å². The number of aryl methyl sites for hydroxylation is 1. The number of rotatable bonds is 2. The van der Waals surface area contributed by atoms with E-state index < -0.39 is 17.8 Å². The van der Waals surface area contributed by atoms with Crippen molar-refractivity contribution in [3.05, 3.63) is 28.4 Å². The molecule has 1 aromatic heterocycles. The lowest BCUT2D eigenvalue weighted by molar-refractivity contribution is -0.146. The highest BCUT2D eigenvalue weighted by Crippen LogP contribution is 2.03. The molecule has 0 amide bonds. The molecule has 0 radical (unpaired) electrons. The van der Waals surface area contributed by atoms with Crippen molar-refractivity contribution in [1.29, 1.82) is 0 Å². The smallest absolute Gasteiger partial charge is 0.360 e. The zero-order chi connectivity index (χ0) is 10.0. The zero-order valence-electron chi connectivity index (χ0n) is 6.77. The molecule has 5 nitrogen and oxygen atoms in total. The van der Waals surface area contributed by atoms with Crippen molar-refractivity contribution in [2.75, 3.05) is 0 Å². The van der Waals surface area contributed by atoms with Crippen molar-refractivity contribution < 1.29 is 14.3 Å². The van der Waals surface area contributed by atoms with Crippen molar-refractivity contribution in [2.24, 2.45) is 0 Å². The molecular weight excluding hydrogens is 179 g/mol. The molecule has 0 fully saturated rings. The van der Waals surface area contributed by atoms with Gasteiger partial charge in [-0.3, -0.25) is 14.3 Å². The molecule has 0 saturated heterocycles. The number of aromatic nitrogens is 2. The largest absolute Gasteiger partial charge is 0.478 e.